The van der Waals surface area contributed by atoms with Crippen molar-refractivity contribution in [3.8, 4) is 17.2 Å². The topological polar surface area (TPSA) is 46.6 Å². The molecular weight excluding hydrogens is 1450 g/mol. The van der Waals surface area contributed by atoms with Gasteiger partial charge >= 0.3 is 65.0 Å². The number of ether oxygens (including phenoxy) is 4. The second kappa shape index (κ2) is 61.1. The zero-order valence-corrected chi connectivity index (χ0v) is 73.1. The smallest absolute Gasteiger partial charge is 1.00 e. The van der Waals surface area contributed by atoms with Gasteiger partial charge in [-0.15, -0.1) is 29.8 Å². The molecule has 0 spiro atoms. The first kappa shape index (κ1) is 98.2. The van der Waals surface area contributed by atoms with Gasteiger partial charge in [0.25, 0.3) is 0 Å². The minimum Gasteiger partial charge on any atom is -1.00 e. The molecule has 0 amide bonds. The fraction of sp³-hybridized carbons (Fsp3) is 0.549. The van der Waals surface area contributed by atoms with Gasteiger partial charge in [-0.3, -0.25) is 0 Å². The van der Waals surface area contributed by atoms with Crippen molar-refractivity contribution in [1.29, 1.82) is 0 Å². The van der Waals surface area contributed by atoms with Crippen LogP contribution in [0.15, 0.2) is 152 Å². The van der Waals surface area contributed by atoms with E-state index in [4.69, 9.17) is 75.5 Å². The van der Waals surface area contributed by atoms with Crippen molar-refractivity contribution in [2.75, 3.05) is 70.4 Å². The van der Waals surface area contributed by atoms with Gasteiger partial charge in [0.1, 0.15) is 11.5 Å². The minimum absolute atomic E-state index is 0. The minimum atomic E-state index is -1.20. The maximum Gasteiger partial charge on any atom is 2.00 e. The van der Waals surface area contributed by atoms with Gasteiger partial charge in [-0.2, -0.15) is 18.9 Å². The Hall–Kier alpha value is -0.760. The molecule has 101 heavy (non-hydrogen) atoms. The van der Waals surface area contributed by atoms with Crippen molar-refractivity contribution in [2.45, 2.75) is 234 Å². The zero-order valence-electron chi connectivity index (χ0n) is 65.0. The number of benzene rings is 6. The number of alkyl halides is 1. The molecule has 12 rings (SSSR count). The molecule has 0 atom stereocenters. The van der Waals surface area contributed by atoms with Gasteiger partial charge in [0.05, 0.1) is 27.0 Å². The summed E-state index contributed by atoms with van der Waals surface area (Å²) in [6.45, 7) is 5.67. The molecule has 6 aliphatic carbocycles. The number of anilines is 6. The molecular formula is C82H121Cl6LiMg2N3O4P3. The summed E-state index contributed by atoms with van der Waals surface area (Å²) in [5, 5.41) is 2.05. The molecule has 0 N–H and O–H groups in total. The number of rotatable bonds is 16. The summed E-state index contributed by atoms with van der Waals surface area (Å²) in [7, 11) is 11.1. The summed E-state index contributed by atoms with van der Waals surface area (Å²) in [5.74, 6) is 1.54. The fourth-order valence-electron chi connectivity index (χ4n) is 13.6. The summed E-state index contributed by atoms with van der Waals surface area (Å²) >= 11 is 27.1. The van der Waals surface area contributed by atoms with Crippen molar-refractivity contribution in [3.63, 3.8) is 0 Å². The fourth-order valence-corrected chi connectivity index (χ4v) is 21.5. The Morgan fingerprint density at radius 2 is 0.832 bits per heavy atom. The molecule has 0 aromatic heterocycles. The third kappa shape index (κ3) is 38.9. The number of halogens is 6. The average molecular weight is 1570 g/mol. The van der Waals surface area contributed by atoms with E-state index in [-0.39, 0.29) is 95.4 Å². The van der Waals surface area contributed by atoms with Crippen LogP contribution in [0.1, 0.15) is 209 Å². The van der Waals surface area contributed by atoms with Crippen LogP contribution in [0.2, 0.25) is 0 Å². The summed E-state index contributed by atoms with van der Waals surface area (Å²) in [6, 6.07) is 55.0. The maximum absolute atomic E-state index is 6.70. The van der Waals surface area contributed by atoms with Crippen LogP contribution in [0, 0.1) is 12.5 Å². The number of hydrogen-bond donors (Lipinski definition) is 0. The van der Waals surface area contributed by atoms with E-state index in [1.807, 2.05) is 108 Å². The molecule has 6 aliphatic rings. The largest absolute Gasteiger partial charge is 2.00 e. The van der Waals surface area contributed by atoms with Crippen LogP contribution in [0.25, 0.3) is 0 Å². The molecule has 0 radical (unpaired) electrons. The molecule has 0 saturated heterocycles. The molecule has 0 unspecified atom stereocenters. The van der Waals surface area contributed by atoms with E-state index in [1.54, 1.807) is 14.2 Å². The van der Waals surface area contributed by atoms with Crippen molar-refractivity contribution in [2.24, 2.45) is 0 Å². The first-order valence-corrected chi connectivity index (χ1v) is 45.0. The van der Waals surface area contributed by atoms with Crippen molar-refractivity contribution >= 4 is 163 Å². The number of hydrogen-bond acceptors (Lipinski definition) is 7. The van der Waals surface area contributed by atoms with Crippen LogP contribution in [0.3, 0.4) is 0 Å². The van der Waals surface area contributed by atoms with Crippen molar-refractivity contribution < 1.29 is 53.1 Å². The summed E-state index contributed by atoms with van der Waals surface area (Å²) < 4.78 is 21.2. The Labute approximate surface area is 695 Å². The second-order valence-corrected chi connectivity index (χ2v) is 37.5. The Balaban J connectivity index is 0. The van der Waals surface area contributed by atoms with E-state index < -0.39 is 5.98 Å². The van der Waals surface area contributed by atoms with Gasteiger partial charge in [-0.1, -0.05) is 241 Å². The molecule has 7 nitrogen and oxygen atoms in total. The van der Waals surface area contributed by atoms with Crippen LogP contribution in [0.5, 0.6) is 17.2 Å². The van der Waals surface area contributed by atoms with E-state index in [9.17, 15) is 0 Å². The van der Waals surface area contributed by atoms with Gasteiger partial charge in [-0.05, 0) is 169 Å². The summed E-state index contributed by atoms with van der Waals surface area (Å²) in [6.07, 6.45) is 44.7. The van der Waals surface area contributed by atoms with Gasteiger partial charge < -0.3 is 55.3 Å². The van der Waals surface area contributed by atoms with Crippen molar-refractivity contribution in [3.05, 3.63) is 164 Å². The first-order valence-electron chi connectivity index (χ1n) is 36.6. The Morgan fingerprint density at radius 3 is 1.20 bits per heavy atom. The molecule has 0 heterocycles. The predicted octanol–water partition coefficient (Wildman–Crippen LogP) is 21.4. The van der Waals surface area contributed by atoms with Crippen LogP contribution in [-0.2, 0) is 4.74 Å². The van der Waals surface area contributed by atoms with Crippen LogP contribution >= 0.6 is 77.7 Å². The Kier molecular flexibility index (Phi) is 59.4. The zero-order chi connectivity index (χ0) is 69.7. The van der Waals surface area contributed by atoms with E-state index in [2.05, 4.69) is 113 Å². The standard InChI is InChI=1S/C26H36NOP.C14H15NO.C14H14NO.C12H22ClP.C6H11Cl.C6H11.C4H10O.Cl3P.ClH.Li.2Mg.2H/c1-27(21-13-6-3-7-14-21)24-19-12-20-25(28-2)26(24)29(22-15-8-4-9-16-22)23-17-10-5-11-18-23;2*1-15(12-7-4-3-5-8-12)13-9-6-10-14(11-13)16-2;13-14(11-7-3-1-4-8-11)12-9-5-2-6-10-12;7-6-4-2-1-3-5-6;1-2-4-6-5-3-1;1-3-5-4-2;1-4(2)3;;;;;;/h3,6-7,12-14,19-20,22-23H,4-5,8-11,15-18H2,1-2H3;3-11H,1-2H3;3-10H,1-2H3;11-12H,1-10H2;6H,1-5H2;1H,2-6H2;3-4H2,1-2H3;;1H;;;;;/q;;-1;;;-1;;;;+1;2*+2;2*-1/p-1. The third-order valence-electron chi connectivity index (χ3n) is 19.1. The van der Waals surface area contributed by atoms with Crippen LogP contribution < -0.4 is 65.5 Å². The van der Waals surface area contributed by atoms with E-state index >= 15 is 0 Å². The van der Waals surface area contributed by atoms with E-state index in [1.165, 1.54) is 209 Å². The summed E-state index contributed by atoms with van der Waals surface area (Å²) in [5.41, 5.74) is 10.6. The number of nitrogens with zero attached hydrogens (tertiary/aromatic N) is 3. The van der Waals surface area contributed by atoms with E-state index in [0.29, 0.717) is 5.38 Å². The van der Waals surface area contributed by atoms with Gasteiger partial charge in [0, 0.05) is 79.6 Å². The van der Waals surface area contributed by atoms with Gasteiger partial charge in [0.15, 0.2) is 5.98 Å². The maximum atomic E-state index is 6.70. The molecule has 6 aromatic carbocycles. The van der Waals surface area contributed by atoms with Gasteiger partial charge in [0.2, 0.25) is 0 Å². The first-order chi connectivity index (χ1) is 47.3. The van der Waals surface area contributed by atoms with Crippen molar-refractivity contribution in [1.82, 2.24) is 0 Å². The molecule has 6 fully saturated rings. The average Bonchev–Trinajstić information content (AvgIpc) is 0.776. The quantitative estimate of drug-likeness (QED) is 0.0414. The molecule has 6 saturated carbocycles. The normalized spacial score (nSPS) is 16.2. The molecule has 19 heteroatoms. The number of para-hydroxylation sites is 3. The molecule has 0 bridgehead atoms. The summed E-state index contributed by atoms with van der Waals surface area (Å²) in [4.78, 5) is 6.59. The second-order valence-electron chi connectivity index (χ2n) is 25.9. The van der Waals surface area contributed by atoms with Gasteiger partial charge in [-0.25, -0.2) is 0 Å². The van der Waals surface area contributed by atoms with Crippen LogP contribution in [0.4, 0.5) is 34.1 Å². The molecule has 0 aliphatic heterocycles. The predicted molar refractivity (Wildman–Crippen MR) is 449 cm³/mol. The molecule has 550 valence electrons. The Bertz CT molecular complexity index is 2770. The molecule has 6 aromatic rings. The Morgan fingerprint density at radius 1 is 0.446 bits per heavy atom. The monoisotopic (exact) mass is 1570 g/mol. The SMILES string of the molecule is CCOCC.COc1[c-]c(N(C)c2ccccc2)ccc1.COc1cccc(N(C)c2ccccc2)c1.COc1cccc(N(C)c2ccccc2)c1P(C1CCCCC1)C1CCCCC1.ClC1CCCCC1.ClP(C1CCCCC1)C1CCCCC1.ClP(Cl)Cl.[CH-]1CCCCC1.[Cl-].[H-].[H-].[Li+].[Mg+2].[Mg+2]. The van der Waals surface area contributed by atoms with E-state index in [0.717, 1.165) is 75.8 Å². The third-order valence-corrected chi connectivity index (χ3v) is 27.2. The van der Waals surface area contributed by atoms with Crippen LogP contribution in [-0.4, -0.2) is 130 Å². The number of methoxy groups -OCH3 is 3.